The predicted octanol–water partition coefficient (Wildman–Crippen LogP) is -0.933. The second-order valence-corrected chi connectivity index (χ2v) is 4.53. The van der Waals surface area contributed by atoms with Crippen molar-refractivity contribution in [2.75, 3.05) is 80.3 Å². The lowest BCUT2D eigenvalue weighted by Crippen LogP contribution is -2.09. The van der Waals surface area contributed by atoms with E-state index in [0.29, 0.717) is 38.6 Å². The zero-order chi connectivity index (χ0) is 16.5. The van der Waals surface area contributed by atoms with E-state index in [1.807, 2.05) is 0 Å². The van der Waals surface area contributed by atoms with Crippen LogP contribution in [0.5, 0.6) is 0 Å². The molecule has 134 valence electrons. The Hall–Kier alpha value is -0.320. The fraction of sp³-hybridized carbons (Fsp3) is 1.00. The predicted molar refractivity (Wildman–Crippen MR) is 79.0 cm³/mol. The molecule has 0 aromatic rings. The van der Waals surface area contributed by atoms with E-state index in [2.05, 4.69) is 4.74 Å². The molecule has 0 radical (unpaired) electrons. The van der Waals surface area contributed by atoms with Gasteiger partial charge in [0.05, 0.1) is 66.1 Å². The molecular formula is C14H30O8. The molecule has 0 aliphatic carbocycles. The lowest BCUT2D eigenvalue weighted by molar-refractivity contribution is 0.0222. The second kappa shape index (κ2) is 17.0. The Morgan fingerprint density at radius 1 is 0.773 bits per heavy atom. The van der Waals surface area contributed by atoms with Gasteiger partial charge in [-0.1, -0.05) is 0 Å². The molecule has 8 heteroatoms. The smallest absolute Gasteiger partial charge is 0.104 e. The van der Waals surface area contributed by atoms with Crippen LogP contribution >= 0.6 is 0 Å². The summed E-state index contributed by atoms with van der Waals surface area (Å²) in [6.07, 6.45) is 0.785. The Morgan fingerprint density at radius 2 is 1.14 bits per heavy atom. The summed E-state index contributed by atoms with van der Waals surface area (Å²) in [5.74, 6) is 0. The van der Waals surface area contributed by atoms with Crippen molar-refractivity contribution in [2.45, 2.75) is 12.2 Å². The van der Waals surface area contributed by atoms with Crippen molar-refractivity contribution in [3.8, 4) is 0 Å². The number of hydrogen-bond donors (Lipinski definition) is 2. The molecule has 0 saturated carbocycles. The Kier molecular flexibility index (Phi) is 16.8. The van der Waals surface area contributed by atoms with Crippen LogP contribution in [0, 0.1) is 0 Å². The summed E-state index contributed by atoms with van der Waals surface area (Å²) < 4.78 is 29.1. The standard InChI is InChI=1S/C6H14O4.C6H10O3.C2H6O/c7-1-3-9-5-6-10-4-2-8;1(5-3-8-5)7-2-6-4-9-6;1-3-2/h7-8H,1-6H2;5-6H,1-4H2;1-2H3. The van der Waals surface area contributed by atoms with Crippen LogP contribution in [0.15, 0.2) is 0 Å². The summed E-state index contributed by atoms with van der Waals surface area (Å²) in [7, 11) is 3.25. The maximum Gasteiger partial charge on any atom is 0.104 e. The first kappa shape index (κ1) is 21.7. The fourth-order valence-electron chi connectivity index (χ4n) is 1.11. The largest absolute Gasteiger partial charge is 0.394 e. The van der Waals surface area contributed by atoms with Gasteiger partial charge in [0, 0.05) is 14.2 Å². The summed E-state index contributed by atoms with van der Waals surface area (Å²) in [4.78, 5) is 0. The normalized spacial score (nSPS) is 21.3. The van der Waals surface area contributed by atoms with E-state index in [9.17, 15) is 0 Å². The average molecular weight is 326 g/mol. The summed E-state index contributed by atoms with van der Waals surface area (Å²) in [6.45, 7) is 4.99. The van der Waals surface area contributed by atoms with Gasteiger partial charge < -0.3 is 38.6 Å². The number of epoxide rings is 2. The molecular weight excluding hydrogens is 296 g/mol. The molecule has 0 amide bonds. The average Bonchev–Trinajstić information content (AvgIpc) is 3.39. The van der Waals surface area contributed by atoms with Crippen molar-refractivity contribution in [3.05, 3.63) is 0 Å². The number of methoxy groups -OCH3 is 1. The maximum atomic E-state index is 8.26. The minimum atomic E-state index is 0.0417. The Bertz CT molecular complexity index is 189. The van der Waals surface area contributed by atoms with Crippen LogP contribution < -0.4 is 0 Å². The molecule has 2 N–H and O–H groups in total. The molecule has 0 aromatic heterocycles. The number of ether oxygens (including phenoxy) is 6. The topological polar surface area (TPSA) is 102 Å². The van der Waals surface area contributed by atoms with E-state index in [1.165, 1.54) is 0 Å². The van der Waals surface area contributed by atoms with E-state index in [1.54, 1.807) is 14.2 Å². The number of rotatable bonds is 11. The van der Waals surface area contributed by atoms with Gasteiger partial charge in [-0.3, -0.25) is 0 Å². The molecule has 2 unspecified atom stereocenters. The maximum absolute atomic E-state index is 8.26. The van der Waals surface area contributed by atoms with Crippen molar-refractivity contribution in [2.24, 2.45) is 0 Å². The Balaban J connectivity index is 0.000000341. The van der Waals surface area contributed by atoms with Crippen LogP contribution in [-0.2, 0) is 28.4 Å². The molecule has 2 atom stereocenters. The zero-order valence-electron chi connectivity index (χ0n) is 13.6. The summed E-state index contributed by atoms with van der Waals surface area (Å²) in [6, 6.07) is 0. The van der Waals surface area contributed by atoms with Gasteiger partial charge in [-0.25, -0.2) is 0 Å². The molecule has 2 heterocycles. The van der Waals surface area contributed by atoms with Crippen molar-refractivity contribution < 1.29 is 38.6 Å². The van der Waals surface area contributed by atoms with E-state index in [0.717, 1.165) is 26.4 Å². The monoisotopic (exact) mass is 326 g/mol. The molecule has 2 fully saturated rings. The highest BCUT2D eigenvalue weighted by atomic mass is 16.6. The minimum Gasteiger partial charge on any atom is -0.394 e. The highest BCUT2D eigenvalue weighted by Crippen LogP contribution is 2.12. The van der Waals surface area contributed by atoms with Gasteiger partial charge in [-0.2, -0.15) is 0 Å². The quantitative estimate of drug-likeness (QED) is 0.371. The van der Waals surface area contributed by atoms with Gasteiger partial charge in [0.1, 0.15) is 12.2 Å². The van der Waals surface area contributed by atoms with Crippen LogP contribution in [0.3, 0.4) is 0 Å². The SMILES string of the molecule is C(OCC1CO1)C1CO1.COC.OCCOCCOCCO. The van der Waals surface area contributed by atoms with Crippen LogP contribution in [0.2, 0.25) is 0 Å². The van der Waals surface area contributed by atoms with Gasteiger partial charge in [0.2, 0.25) is 0 Å². The highest BCUT2D eigenvalue weighted by Gasteiger charge is 2.26. The Morgan fingerprint density at radius 3 is 1.41 bits per heavy atom. The van der Waals surface area contributed by atoms with Crippen molar-refractivity contribution in [1.29, 1.82) is 0 Å². The lowest BCUT2D eigenvalue weighted by Gasteiger charge is -2.01. The number of hydrogen-bond acceptors (Lipinski definition) is 8. The summed E-state index contributed by atoms with van der Waals surface area (Å²) in [5, 5.41) is 16.5. The van der Waals surface area contributed by atoms with E-state index in [4.69, 9.17) is 33.9 Å². The second-order valence-electron chi connectivity index (χ2n) is 4.53. The van der Waals surface area contributed by atoms with Gasteiger partial charge >= 0.3 is 0 Å². The molecule has 2 aliphatic heterocycles. The van der Waals surface area contributed by atoms with Gasteiger partial charge in [0.25, 0.3) is 0 Å². The Labute approximate surface area is 132 Å². The third-order valence-electron chi connectivity index (χ3n) is 2.26. The first-order valence-electron chi connectivity index (χ1n) is 7.36. The van der Waals surface area contributed by atoms with Gasteiger partial charge in [0.15, 0.2) is 0 Å². The number of aliphatic hydroxyl groups is 2. The molecule has 2 saturated heterocycles. The molecule has 0 aromatic carbocycles. The molecule has 8 nitrogen and oxygen atoms in total. The third-order valence-corrected chi connectivity index (χ3v) is 2.26. The van der Waals surface area contributed by atoms with Crippen molar-refractivity contribution in [3.63, 3.8) is 0 Å². The van der Waals surface area contributed by atoms with Gasteiger partial charge in [-0.15, -0.1) is 0 Å². The van der Waals surface area contributed by atoms with Crippen LogP contribution in [0.4, 0.5) is 0 Å². The van der Waals surface area contributed by atoms with Crippen LogP contribution in [0.25, 0.3) is 0 Å². The first-order chi connectivity index (χ1) is 10.8. The van der Waals surface area contributed by atoms with E-state index >= 15 is 0 Å². The van der Waals surface area contributed by atoms with Crippen molar-refractivity contribution in [1.82, 2.24) is 0 Å². The fourth-order valence-corrected chi connectivity index (χ4v) is 1.11. The first-order valence-corrected chi connectivity index (χ1v) is 7.36. The molecule has 22 heavy (non-hydrogen) atoms. The lowest BCUT2D eigenvalue weighted by atomic mass is 10.5. The van der Waals surface area contributed by atoms with E-state index in [-0.39, 0.29) is 13.2 Å². The summed E-state index contributed by atoms with van der Waals surface area (Å²) in [5.41, 5.74) is 0. The third kappa shape index (κ3) is 19.7. The minimum absolute atomic E-state index is 0.0417. The molecule has 2 rings (SSSR count). The molecule has 2 aliphatic rings. The highest BCUT2D eigenvalue weighted by molar-refractivity contribution is 4.71. The van der Waals surface area contributed by atoms with Gasteiger partial charge in [-0.05, 0) is 0 Å². The number of aliphatic hydroxyl groups excluding tert-OH is 2. The summed E-state index contributed by atoms with van der Waals surface area (Å²) >= 11 is 0. The molecule has 0 bridgehead atoms. The van der Waals surface area contributed by atoms with Crippen molar-refractivity contribution >= 4 is 0 Å². The van der Waals surface area contributed by atoms with Crippen LogP contribution in [0.1, 0.15) is 0 Å². The van der Waals surface area contributed by atoms with E-state index < -0.39 is 0 Å². The zero-order valence-corrected chi connectivity index (χ0v) is 13.6. The van der Waals surface area contributed by atoms with Crippen LogP contribution in [-0.4, -0.2) is 103 Å². The molecule has 0 spiro atoms.